The molecule has 0 amide bonds. The Morgan fingerprint density at radius 3 is 1.46 bits per heavy atom. The molecule has 0 heteroatoms. The minimum atomic E-state index is 0.979. The smallest absolute Gasteiger partial charge is 0.000728 e. The van der Waals surface area contributed by atoms with Gasteiger partial charge in [0.15, 0.2) is 0 Å². The van der Waals surface area contributed by atoms with Crippen molar-refractivity contribution in [2.75, 3.05) is 0 Å². The van der Waals surface area contributed by atoms with Gasteiger partial charge in [0.2, 0.25) is 0 Å². The van der Waals surface area contributed by atoms with Crippen LogP contribution in [0.3, 0.4) is 0 Å². The summed E-state index contributed by atoms with van der Waals surface area (Å²) >= 11 is 0. The third-order valence-corrected chi connectivity index (χ3v) is 8.33. The molecule has 196 valence electrons. The summed E-state index contributed by atoms with van der Waals surface area (Å²) in [6.45, 7) is 4.00. The lowest BCUT2D eigenvalue weighted by Crippen LogP contribution is -1.94. The van der Waals surface area contributed by atoms with E-state index in [-0.39, 0.29) is 0 Å². The maximum Gasteiger partial charge on any atom is -0.000728 e. The van der Waals surface area contributed by atoms with Crippen LogP contribution >= 0.6 is 0 Å². The molecule has 41 heavy (non-hydrogen) atoms. The van der Waals surface area contributed by atoms with Crippen molar-refractivity contribution in [2.45, 2.75) is 20.3 Å². The number of hydrogen-bond acceptors (Lipinski definition) is 0. The number of hydrogen-bond donors (Lipinski definition) is 0. The minimum Gasteiger partial charge on any atom is -0.0683 e. The molecule has 7 aromatic rings. The Balaban J connectivity index is 0.00000135. The van der Waals surface area contributed by atoms with Crippen molar-refractivity contribution in [3.8, 4) is 44.5 Å². The lowest BCUT2D eigenvalue weighted by Gasteiger charge is -2.19. The summed E-state index contributed by atoms with van der Waals surface area (Å²) in [4.78, 5) is 0. The molecule has 0 saturated heterocycles. The number of fused-ring (bicyclic) bond motifs is 5. The number of rotatable bonds is 3. The van der Waals surface area contributed by atoms with E-state index < -0.39 is 0 Å². The van der Waals surface area contributed by atoms with Gasteiger partial charge in [-0.15, -0.1) is 0 Å². The molecule has 1 aliphatic carbocycles. The van der Waals surface area contributed by atoms with Crippen molar-refractivity contribution < 1.29 is 0 Å². The highest BCUT2D eigenvalue weighted by molar-refractivity contribution is 6.22. The second-order valence-corrected chi connectivity index (χ2v) is 10.5. The first-order valence-corrected chi connectivity index (χ1v) is 14.7. The maximum absolute atomic E-state index is 2.33. The van der Waals surface area contributed by atoms with Gasteiger partial charge in [0.1, 0.15) is 0 Å². The van der Waals surface area contributed by atoms with E-state index in [1.165, 1.54) is 77.2 Å². The van der Waals surface area contributed by atoms with Crippen molar-refractivity contribution in [1.29, 1.82) is 0 Å². The van der Waals surface area contributed by atoms with E-state index in [1.807, 2.05) is 13.8 Å². The van der Waals surface area contributed by atoms with Gasteiger partial charge in [-0.25, -0.2) is 0 Å². The SMILES string of the molecule is CC.c1ccc(-c2ccc(-c3c4ccccc4c(-c4cccc5c4Cc4ccccc4-5)c4ccccc34)cc2)cc1. The van der Waals surface area contributed by atoms with Crippen molar-refractivity contribution in [3.63, 3.8) is 0 Å². The van der Waals surface area contributed by atoms with Crippen molar-refractivity contribution >= 4 is 21.5 Å². The van der Waals surface area contributed by atoms with E-state index in [9.17, 15) is 0 Å². The first-order valence-electron chi connectivity index (χ1n) is 14.7. The fourth-order valence-corrected chi connectivity index (χ4v) is 6.58. The van der Waals surface area contributed by atoms with Gasteiger partial charge in [0, 0.05) is 0 Å². The third kappa shape index (κ3) is 4.15. The molecule has 0 spiro atoms. The fraction of sp³-hybridized carbons (Fsp3) is 0.0732. The average molecular weight is 525 g/mol. The van der Waals surface area contributed by atoms with Crippen LogP contribution in [0.15, 0.2) is 146 Å². The van der Waals surface area contributed by atoms with Crippen LogP contribution in [0.2, 0.25) is 0 Å². The topological polar surface area (TPSA) is 0 Å². The second kappa shape index (κ2) is 10.6. The molecule has 0 atom stereocenters. The van der Waals surface area contributed by atoms with Gasteiger partial charge in [-0.05, 0) is 83.6 Å². The zero-order valence-corrected chi connectivity index (χ0v) is 23.6. The van der Waals surface area contributed by atoms with Crippen molar-refractivity contribution in [2.24, 2.45) is 0 Å². The van der Waals surface area contributed by atoms with Crippen LogP contribution in [-0.2, 0) is 6.42 Å². The Labute approximate surface area is 242 Å². The summed E-state index contributed by atoms with van der Waals surface area (Å²) in [7, 11) is 0. The molecule has 0 heterocycles. The first-order chi connectivity index (χ1) is 20.4. The maximum atomic E-state index is 2.33. The molecular formula is C41H32. The molecule has 0 N–H and O–H groups in total. The predicted molar refractivity (Wildman–Crippen MR) is 177 cm³/mol. The third-order valence-electron chi connectivity index (χ3n) is 8.33. The molecule has 1 aliphatic rings. The van der Waals surface area contributed by atoms with Crippen molar-refractivity contribution in [1.82, 2.24) is 0 Å². The monoisotopic (exact) mass is 524 g/mol. The Bertz CT molecular complexity index is 1950. The average Bonchev–Trinajstić information content (AvgIpc) is 3.44. The Kier molecular flexibility index (Phi) is 6.45. The predicted octanol–water partition coefficient (Wildman–Crippen LogP) is 11.6. The van der Waals surface area contributed by atoms with Crippen LogP contribution in [-0.4, -0.2) is 0 Å². The minimum absolute atomic E-state index is 0.979. The van der Waals surface area contributed by atoms with Gasteiger partial charge in [-0.2, -0.15) is 0 Å². The molecule has 0 radical (unpaired) electrons. The molecule has 0 unspecified atom stereocenters. The van der Waals surface area contributed by atoms with E-state index in [0.717, 1.165) is 6.42 Å². The van der Waals surface area contributed by atoms with Gasteiger partial charge in [0.05, 0.1) is 0 Å². The van der Waals surface area contributed by atoms with Crippen LogP contribution in [0.25, 0.3) is 66.1 Å². The lowest BCUT2D eigenvalue weighted by atomic mass is 9.84. The van der Waals surface area contributed by atoms with E-state index >= 15 is 0 Å². The molecule has 8 rings (SSSR count). The van der Waals surface area contributed by atoms with Gasteiger partial charge in [0.25, 0.3) is 0 Å². The Hall–Kier alpha value is -4.94. The zero-order valence-electron chi connectivity index (χ0n) is 23.6. The largest absolute Gasteiger partial charge is 0.0683 e. The zero-order chi connectivity index (χ0) is 27.8. The van der Waals surface area contributed by atoms with Gasteiger partial charge in [-0.1, -0.05) is 159 Å². The van der Waals surface area contributed by atoms with Gasteiger partial charge in [-0.3, -0.25) is 0 Å². The molecule has 0 saturated carbocycles. The molecule has 0 fully saturated rings. The number of benzene rings is 7. The molecule has 0 aromatic heterocycles. The van der Waals surface area contributed by atoms with E-state index in [2.05, 4.69) is 146 Å². The van der Waals surface area contributed by atoms with E-state index in [0.29, 0.717) is 0 Å². The van der Waals surface area contributed by atoms with Crippen LogP contribution in [0.1, 0.15) is 25.0 Å². The molecule has 0 bridgehead atoms. The Morgan fingerprint density at radius 1 is 0.341 bits per heavy atom. The highest BCUT2D eigenvalue weighted by atomic mass is 14.3. The summed E-state index contributed by atoms with van der Waals surface area (Å²) < 4.78 is 0. The quantitative estimate of drug-likeness (QED) is 0.202. The second-order valence-electron chi connectivity index (χ2n) is 10.5. The highest BCUT2D eigenvalue weighted by Gasteiger charge is 2.24. The molecule has 0 nitrogen and oxygen atoms in total. The molecule has 0 aliphatic heterocycles. The van der Waals surface area contributed by atoms with Crippen LogP contribution in [0.5, 0.6) is 0 Å². The summed E-state index contributed by atoms with van der Waals surface area (Å²) in [5, 5.41) is 5.21. The normalized spacial score (nSPS) is 11.6. The highest BCUT2D eigenvalue weighted by Crippen LogP contribution is 2.48. The lowest BCUT2D eigenvalue weighted by molar-refractivity contribution is 1.27. The van der Waals surface area contributed by atoms with Crippen LogP contribution in [0, 0.1) is 0 Å². The fourth-order valence-electron chi connectivity index (χ4n) is 6.58. The summed E-state index contributed by atoms with van der Waals surface area (Å²) in [5.41, 5.74) is 13.3. The summed E-state index contributed by atoms with van der Waals surface area (Å²) in [6.07, 6.45) is 0.979. The summed E-state index contributed by atoms with van der Waals surface area (Å²) in [6, 6.07) is 53.3. The van der Waals surface area contributed by atoms with Gasteiger partial charge >= 0.3 is 0 Å². The van der Waals surface area contributed by atoms with Crippen LogP contribution in [0.4, 0.5) is 0 Å². The summed E-state index contributed by atoms with van der Waals surface area (Å²) in [5.74, 6) is 0. The molecule has 7 aromatic carbocycles. The van der Waals surface area contributed by atoms with Crippen LogP contribution < -0.4 is 0 Å². The van der Waals surface area contributed by atoms with Gasteiger partial charge < -0.3 is 0 Å². The van der Waals surface area contributed by atoms with Crippen molar-refractivity contribution in [3.05, 3.63) is 157 Å². The van der Waals surface area contributed by atoms with E-state index in [4.69, 9.17) is 0 Å². The van der Waals surface area contributed by atoms with E-state index in [1.54, 1.807) is 0 Å². The standard InChI is InChI=1S/C39H26.C2H6/c1-2-11-26(12-3-1)27-21-23-28(24-22-27)38-32-15-6-8-17-34(32)39(35-18-9-7-16-33(35)38)36-20-10-19-31-30-14-5-4-13-29(30)25-37(31)36;1-2/h1-24H,25H2;1-2H3. The molecular weight excluding hydrogens is 492 g/mol. The first kappa shape index (κ1) is 25.1. The Morgan fingerprint density at radius 2 is 0.805 bits per heavy atom.